The Hall–Kier alpha value is -3.37. The first-order valence-electron chi connectivity index (χ1n) is 8.77. The minimum atomic E-state index is 0. The van der Waals surface area contributed by atoms with Crippen LogP contribution < -0.4 is 4.74 Å². The molecule has 0 aliphatic rings. The number of ether oxygens (including phenoxy) is 1. The summed E-state index contributed by atoms with van der Waals surface area (Å²) in [5.41, 5.74) is 3.72. The van der Waals surface area contributed by atoms with Crippen LogP contribution in [0.25, 0.3) is 33.3 Å². The number of aromatic nitrogens is 2. The summed E-state index contributed by atoms with van der Waals surface area (Å²) in [6.07, 6.45) is 3.54. The molecule has 0 saturated heterocycles. The maximum absolute atomic E-state index is 5.90. The van der Waals surface area contributed by atoms with Gasteiger partial charge in [0.2, 0.25) is 5.89 Å². The molecule has 0 aliphatic heterocycles. The second-order valence-corrected chi connectivity index (χ2v) is 6.35. The van der Waals surface area contributed by atoms with Gasteiger partial charge >= 0.3 is 0 Å². The van der Waals surface area contributed by atoms with E-state index in [0.29, 0.717) is 12.5 Å². The molecule has 0 aliphatic carbocycles. The van der Waals surface area contributed by atoms with Crippen LogP contribution >= 0.6 is 12.4 Å². The molecule has 5 rings (SSSR count). The Morgan fingerprint density at radius 3 is 2.46 bits per heavy atom. The summed E-state index contributed by atoms with van der Waals surface area (Å²) in [6, 6.07) is 24.0. The van der Waals surface area contributed by atoms with Crippen molar-refractivity contribution < 1.29 is 9.15 Å². The fraction of sp³-hybridized carbons (Fsp3) is 0.0435. The average molecular weight is 389 g/mol. The maximum atomic E-state index is 5.90. The van der Waals surface area contributed by atoms with Gasteiger partial charge in [0.15, 0.2) is 5.58 Å². The van der Waals surface area contributed by atoms with Crippen LogP contribution in [0, 0.1) is 0 Å². The van der Waals surface area contributed by atoms with Crippen molar-refractivity contribution in [2.45, 2.75) is 6.61 Å². The summed E-state index contributed by atoms with van der Waals surface area (Å²) in [6.45, 7) is 0.523. The molecule has 0 unspecified atom stereocenters. The van der Waals surface area contributed by atoms with Crippen molar-refractivity contribution in [3.05, 3.63) is 90.8 Å². The van der Waals surface area contributed by atoms with E-state index in [1.54, 1.807) is 12.4 Å². The Bertz CT molecular complexity index is 1200. The molecular formula is C23H17ClN2O2. The highest BCUT2D eigenvalue weighted by Crippen LogP contribution is 2.29. The zero-order valence-electron chi connectivity index (χ0n) is 14.9. The molecule has 0 spiro atoms. The average Bonchev–Trinajstić information content (AvgIpc) is 3.17. The fourth-order valence-corrected chi connectivity index (χ4v) is 3.09. The van der Waals surface area contributed by atoms with Gasteiger partial charge in [-0.15, -0.1) is 12.4 Å². The predicted molar refractivity (Wildman–Crippen MR) is 113 cm³/mol. The molecule has 0 radical (unpaired) electrons. The van der Waals surface area contributed by atoms with Crippen LogP contribution in [0.3, 0.4) is 0 Å². The number of hydrogen-bond acceptors (Lipinski definition) is 4. The Kier molecular flexibility index (Phi) is 4.96. The minimum absolute atomic E-state index is 0. The van der Waals surface area contributed by atoms with E-state index < -0.39 is 0 Å². The lowest BCUT2D eigenvalue weighted by molar-refractivity contribution is 0.306. The molecule has 3 aromatic carbocycles. The van der Waals surface area contributed by atoms with Gasteiger partial charge in [-0.2, -0.15) is 0 Å². The van der Waals surface area contributed by atoms with E-state index in [-0.39, 0.29) is 12.4 Å². The molecular weight excluding hydrogens is 372 g/mol. The third-order valence-corrected chi connectivity index (χ3v) is 4.51. The Balaban J connectivity index is 0.00000192. The van der Waals surface area contributed by atoms with Gasteiger partial charge in [-0.3, -0.25) is 4.98 Å². The molecule has 2 aromatic heterocycles. The predicted octanol–water partition coefficient (Wildman–Crippen LogP) is 6.04. The lowest BCUT2D eigenvalue weighted by Gasteiger charge is -2.08. The van der Waals surface area contributed by atoms with Gasteiger partial charge in [0.25, 0.3) is 0 Å². The van der Waals surface area contributed by atoms with Gasteiger partial charge in [0.1, 0.15) is 17.9 Å². The highest BCUT2D eigenvalue weighted by atomic mass is 35.5. The first-order valence-corrected chi connectivity index (χ1v) is 8.77. The number of rotatable bonds is 4. The third kappa shape index (κ3) is 3.55. The lowest BCUT2D eigenvalue weighted by atomic mass is 10.1. The van der Waals surface area contributed by atoms with Crippen molar-refractivity contribution >= 4 is 34.3 Å². The van der Waals surface area contributed by atoms with Gasteiger partial charge in [-0.1, -0.05) is 24.3 Å². The van der Waals surface area contributed by atoms with E-state index >= 15 is 0 Å². The van der Waals surface area contributed by atoms with Crippen molar-refractivity contribution in [1.82, 2.24) is 9.97 Å². The largest absolute Gasteiger partial charge is 0.489 e. The number of halogens is 1. The molecule has 2 heterocycles. The molecule has 138 valence electrons. The zero-order valence-corrected chi connectivity index (χ0v) is 15.7. The SMILES string of the molecule is Cl.c1ccc2oc(-c3ccc4cc(OCc5ccncc5)ccc4c3)nc2c1. The molecule has 5 aromatic rings. The second-order valence-electron chi connectivity index (χ2n) is 6.35. The quantitative estimate of drug-likeness (QED) is 0.376. The lowest BCUT2D eigenvalue weighted by Crippen LogP contribution is -1.95. The highest BCUT2D eigenvalue weighted by Gasteiger charge is 2.08. The Morgan fingerprint density at radius 2 is 1.61 bits per heavy atom. The summed E-state index contributed by atoms with van der Waals surface area (Å²) in [5, 5.41) is 2.23. The van der Waals surface area contributed by atoms with Crippen molar-refractivity contribution in [2.24, 2.45) is 0 Å². The van der Waals surface area contributed by atoms with Gasteiger partial charge < -0.3 is 9.15 Å². The maximum Gasteiger partial charge on any atom is 0.227 e. The van der Waals surface area contributed by atoms with Gasteiger partial charge in [-0.25, -0.2) is 4.98 Å². The molecule has 5 heteroatoms. The molecule has 0 atom stereocenters. The zero-order chi connectivity index (χ0) is 18.1. The smallest absolute Gasteiger partial charge is 0.227 e. The van der Waals surface area contributed by atoms with E-state index in [4.69, 9.17) is 9.15 Å². The van der Waals surface area contributed by atoms with Crippen LogP contribution in [0.5, 0.6) is 5.75 Å². The highest BCUT2D eigenvalue weighted by molar-refractivity contribution is 5.88. The van der Waals surface area contributed by atoms with Crippen molar-refractivity contribution in [1.29, 1.82) is 0 Å². The van der Waals surface area contributed by atoms with Crippen LogP contribution in [0.2, 0.25) is 0 Å². The van der Waals surface area contributed by atoms with E-state index in [0.717, 1.165) is 38.7 Å². The fourth-order valence-electron chi connectivity index (χ4n) is 3.09. The van der Waals surface area contributed by atoms with Crippen LogP contribution in [-0.4, -0.2) is 9.97 Å². The Labute approximate surface area is 168 Å². The molecule has 28 heavy (non-hydrogen) atoms. The minimum Gasteiger partial charge on any atom is -0.489 e. The molecule has 0 fully saturated rings. The van der Waals surface area contributed by atoms with Crippen molar-refractivity contribution in [3.63, 3.8) is 0 Å². The van der Waals surface area contributed by atoms with Crippen LogP contribution in [-0.2, 0) is 6.61 Å². The third-order valence-electron chi connectivity index (χ3n) is 4.51. The molecule has 0 amide bonds. The summed E-state index contributed by atoms with van der Waals surface area (Å²) < 4.78 is 11.8. The van der Waals surface area contributed by atoms with Gasteiger partial charge in [0, 0.05) is 18.0 Å². The molecule has 0 saturated carbocycles. The van der Waals surface area contributed by atoms with Crippen LogP contribution in [0.4, 0.5) is 0 Å². The standard InChI is InChI=1S/C23H16N2O2.ClH/c1-2-4-22-21(3-1)25-23(27-22)19-6-5-18-14-20(8-7-17(18)13-19)26-15-16-9-11-24-12-10-16;/h1-14H,15H2;1H. The number of oxazole rings is 1. The van der Waals surface area contributed by atoms with Gasteiger partial charge in [-0.05, 0) is 64.9 Å². The summed E-state index contributed by atoms with van der Waals surface area (Å²) >= 11 is 0. The molecule has 0 N–H and O–H groups in total. The number of nitrogens with zero attached hydrogens (tertiary/aromatic N) is 2. The van der Waals surface area contributed by atoms with E-state index in [1.807, 2.05) is 54.6 Å². The normalized spacial score (nSPS) is 10.7. The summed E-state index contributed by atoms with van der Waals surface area (Å²) in [7, 11) is 0. The number of hydrogen-bond donors (Lipinski definition) is 0. The second kappa shape index (κ2) is 7.71. The van der Waals surface area contributed by atoms with E-state index in [2.05, 4.69) is 28.2 Å². The number of para-hydroxylation sites is 2. The molecule has 4 nitrogen and oxygen atoms in total. The number of fused-ring (bicyclic) bond motifs is 2. The summed E-state index contributed by atoms with van der Waals surface area (Å²) in [4.78, 5) is 8.59. The van der Waals surface area contributed by atoms with E-state index in [1.165, 1.54) is 0 Å². The monoisotopic (exact) mass is 388 g/mol. The first kappa shape index (κ1) is 18.0. The first-order chi connectivity index (χ1) is 13.3. The van der Waals surface area contributed by atoms with Crippen LogP contribution in [0.1, 0.15) is 5.56 Å². The number of pyridine rings is 1. The molecule has 0 bridgehead atoms. The summed E-state index contributed by atoms with van der Waals surface area (Å²) in [5.74, 6) is 1.48. The van der Waals surface area contributed by atoms with Crippen molar-refractivity contribution in [3.8, 4) is 17.2 Å². The van der Waals surface area contributed by atoms with Gasteiger partial charge in [0.05, 0.1) is 0 Å². The van der Waals surface area contributed by atoms with E-state index in [9.17, 15) is 0 Å². The van der Waals surface area contributed by atoms with Crippen LogP contribution in [0.15, 0.2) is 89.6 Å². The number of benzene rings is 3. The van der Waals surface area contributed by atoms with Crippen molar-refractivity contribution in [2.75, 3.05) is 0 Å². The Morgan fingerprint density at radius 1 is 0.821 bits per heavy atom. The topological polar surface area (TPSA) is 48.2 Å².